The fourth-order valence-electron chi connectivity index (χ4n) is 2.67. The molecular formula is C15H15F3N2O4. The summed E-state index contributed by atoms with van der Waals surface area (Å²) in [6.07, 6.45) is -4.71. The number of alkyl halides is 3. The van der Waals surface area contributed by atoms with Gasteiger partial charge in [0, 0.05) is 31.3 Å². The number of likely N-dealkylation sites (tertiary alicyclic amines) is 1. The second-order valence-corrected chi connectivity index (χ2v) is 5.46. The average Bonchev–Trinajstić information content (AvgIpc) is 2.99. The van der Waals surface area contributed by atoms with Gasteiger partial charge < -0.3 is 15.3 Å². The smallest absolute Gasteiger partial charge is 0.394 e. The molecule has 1 aromatic rings. The van der Waals surface area contributed by atoms with Gasteiger partial charge in [-0.3, -0.25) is 14.4 Å². The number of carboxylic acids is 1. The highest BCUT2D eigenvalue weighted by molar-refractivity contribution is 5.99. The van der Waals surface area contributed by atoms with Crippen LogP contribution in [0.15, 0.2) is 24.3 Å². The van der Waals surface area contributed by atoms with E-state index in [4.69, 9.17) is 5.11 Å². The Morgan fingerprint density at radius 2 is 1.83 bits per heavy atom. The highest BCUT2D eigenvalue weighted by Gasteiger charge is 2.53. The van der Waals surface area contributed by atoms with Crippen molar-refractivity contribution in [1.82, 2.24) is 10.2 Å². The lowest BCUT2D eigenvalue weighted by Crippen LogP contribution is -2.34. The van der Waals surface area contributed by atoms with Crippen LogP contribution in [0.25, 0.3) is 0 Å². The van der Waals surface area contributed by atoms with Crippen LogP contribution in [0.2, 0.25) is 0 Å². The molecule has 0 aliphatic carbocycles. The number of amides is 2. The summed E-state index contributed by atoms with van der Waals surface area (Å²) in [5.41, 5.74) is 0.216. The van der Waals surface area contributed by atoms with Crippen LogP contribution < -0.4 is 5.32 Å². The monoisotopic (exact) mass is 344 g/mol. The standard InChI is InChI=1S/C15H15F3N2O4/c1-19-12(21)8-3-2-4-9(5-8)13(22)20-6-10(14(23)24)11(7-20)15(16,17)18/h2-5,10-11H,6-7H2,1H3,(H,19,21)(H,23,24)/t10-,11-/m1/s1. The maximum absolute atomic E-state index is 13.0. The quantitative estimate of drug-likeness (QED) is 0.867. The van der Waals surface area contributed by atoms with Gasteiger partial charge in [0.2, 0.25) is 0 Å². The van der Waals surface area contributed by atoms with Gasteiger partial charge in [-0.05, 0) is 18.2 Å². The van der Waals surface area contributed by atoms with E-state index >= 15 is 0 Å². The predicted molar refractivity (Wildman–Crippen MR) is 76.4 cm³/mol. The van der Waals surface area contributed by atoms with Gasteiger partial charge in [0.25, 0.3) is 11.8 Å². The molecule has 1 heterocycles. The summed E-state index contributed by atoms with van der Waals surface area (Å²) in [6.45, 7) is -1.24. The molecule has 130 valence electrons. The third kappa shape index (κ3) is 3.50. The van der Waals surface area contributed by atoms with E-state index in [9.17, 15) is 27.6 Å². The Morgan fingerprint density at radius 3 is 2.33 bits per heavy atom. The minimum absolute atomic E-state index is 0.0306. The number of carbonyl (C=O) groups excluding carboxylic acids is 2. The van der Waals surface area contributed by atoms with E-state index in [1.807, 2.05) is 0 Å². The lowest BCUT2D eigenvalue weighted by molar-refractivity contribution is -0.187. The van der Waals surface area contributed by atoms with E-state index in [1.54, 1.807) is 0 Å². The van der Waals surface area contributed by atoms with Gasteiger partial charge in [0.1, 0.15) is 0 Å². The topological polar surface area (TPSA) is 86.7 Å². The van der Waals surface area contributed by atoms with Crippen LogP contribution in [0, 0.1) is 11.8 Å². The third-order valence-corrected chi connectivity index (χ3v) is 3.94. The van der Waals surface area contributed by atoms with Gasteiger partial charge >= 0.3 is 12.1 Å². The van der Waals surface area contributed by atoms with Gasteiger partial charge in [0.15, 0.2) is 0 Å². The first kappa shape index (κ1) is 17.8. The summed E-state index contributed by atoms with van der Waals surface area (Å²) in [7, 11) is 1.41. The Balaban J connectivity index is 2.25. The number of hydrogen-bond acceptors (Lipinski definition) is 3. The second-order valence-electron chi connectivity index (χ2n) is 5.46. The van der Waals surface area contributed by atoms with Gasteiger partial charge in [-0.1, -0.05) is 6.07 Å². The van der Waals surface area contributed by atoms with Gasteiger partial charge in [-0.2, -0.15) is 13.2 Å². The lowest BCUT2D eigenvalue weighted by Gasteiger charge is -2.18. The van der Waals surface area contributed by atoms with Crippen molar-refractivity contribution < 1.29 is 32.7 Å². The van der Waals surface area contributed by atoms with Crippen molar-refractivity contribution >= 4 is 17.8 Å². The Bertz CT molecular complexity index is 675. The molecule has 0 bridgehead atoms. The van der Waals surface area contributed by atoms with Crippen LogP contribution in [0.5, 0.6) is 0 Å². The molecule has 2 N–H and O–H groups in total. The number of benzene rings is 1. The van der Waals surface area contributed by atoms with Crippen LogP contribution in [0.3, 0.4) is 0 Å². The molecule has 1 saturated heterocycles. The second kappa shape index (κ2) is 6.50. The normalized spacial score (nSPS) is 20.8. The molecule has 2 atom stereocenters. The van der Waals surface area contributed by atoms with Crippen molar-refractivity contribution in [1.29, 1.82) is 0 Å². The first-order valence-electron chi connectivity index (χ1n) is 7.06. The Morgan fingerprint density at radius 1 is 1.21 bits per heavy atom. The molecule has 2 amide bonds. The minimum atomic E-state index is -4.71. The molecule has 1 aliphatic heterocycles. The molecule has 1 fully saturated rings. The first-order chi connectivity index (χ1) is 11.1. The number of nitrogens with zero attached hydrogens (tertiary/aromatic N) is 1. The fraction of sp³-hybridized carbons (Fsp3) is 0.400. The molecule has 0 radical (unpaired) electrons. The molecule has 24 heavy (non-hydrogen) atoms. The summed E-state index contributed by atoms with van der Waals surface area (Å²) in [5, 5.41) is 11.4. The number of hydrogen-bond donors (Lipinski definition) is 2. The number of carboxylic acid groups (broad SMARTS) is 1. The highest BCUT2D eigenvalue weighted by atomic mass is 19.4. The first-order valence-corrected chi connectivity index (χ1v) is 7.06. The van der Waals surface area contributed by atoms with Crippen molar-refractivity contribution in [3.63, 3.8) is 0 Å². The van der Waals surface area contributed by atoms with Crippen LogP contribution in [-0.4, -0.2) is 54.1 Å². The zero-order valence-corrected chi connectivity index (χ0v) is 12.6. The molecule has 0 spiro atoms. The van der Waals surface area contributed by atoms with Crippen LogP contribution >= 0.6 is 0 Å². The SMILES string of the molecule is CNC(=O)c1cccc(C(=O)N2C[C@@H](C(F)(F)F)[C@H](C(=O)O)C2)c1. The maximum atomic E-state index is 13.0. The molecule has 1 aromatic carbocycles. The summed E-state index contributed by atoms with van der Waals surface area (Å²) in [4.78, 5) is 35.9. The summed E-state index contributed by atoms with van der Waals surface area (Å²) in [5.74, 6) is -6.58. The summed E-state index contributed by atoms with van der Waals surface area (Å²) >= 11 is 0. The lowest BCUT2D eigenvalue weighted by atomic mass is 9.96. The van der Waals surface area contributed by atoms with E-state index in [0.29, 0.717) is 0 Å². The van der Waals surface area contributed by atoms with E-state index in [1.165, 1.54) is 31.3 Å². The Kier molecular flexibility index (Phi) is 4.81. The van der Waals surface area contributed by atoms with E-state index in [-0.39, 0.29) is 11.1 Å². The third-order valence-electron chi connectivity index (χ3n) is 3.94. The van der Waals surface area contributed by atoms with Crippen molar-refractivity contribution in [2.75, 3.05) is 20.1 Å². The molecule has 9 heteroatoms. The van der Waals surface area contributed by atoms with Crippen LogP contribution in [0.1, 0.15) is 20.7 Å². The number of rotatable bonds is 3. The van der Waals surface area contributed by atoms with E-state index in [0.717, 1.165) is 4.90 Å². The van der Waals surface area contributed by atoms with Crippen LogP contribution in [-0.2, 0) is 4.79 Å². The van der Waals surface area contributed by atoms with Crippen molar-refractivity contribution in [3.05, 3.63) is 35.4 Å². The molecule has 0 unspecified atom stereocenters. The number of aliphatic carboxylic acids is 1. The fourth-order valence-corrected chi connectivity index (χ4v) is 2.67. The summed E-state index contributed by atoms with van der Waals surface area (Å²) < 4.78 is 38.9. The van der Waals surface area contributed by atoms with Gasteiger partial charge in [-0.25, -0.2) is 0 Å². The molecular weight excluding hydrogens is 329 g/mol. The Hall–Kier alpha value is -2.58. The molecule has 2 rings (SSSR count). The Labute approximate surface area is 135 Å². The number of carbonyl (C=O) groups is 3. The molecule has 0 saturated carbocycles. The largest absolute Gasteiger partial charge is 0.481 e. The van der Waals surface area contributed by atoms with E-state index < -0.39 is 48.9 Å². The van der Waals surface area contributed by atoms with Crippen molar-refractivity contribution in [2.24, 2.45) is 11.8 Å². The maximum Gasteiger partial charge on any atom is 0.394 e. The molecule has 1 aliphatic rings. The molecule has 0 aromatic heterocycles. The predicted octanol–water partition coefficient (Wildman–Crippen LogP) is 1.38. The number of nitrogens with one attached hydrogen (secondary N) is 1. The molecule has 6 nitrogen and oxygen atoms in total. The van der Waals surface area contributed by atoms with Crippen molar-refractivity contribution in [2.45, 2.75) is 6.18 Å². The minimum Gasteiger partial charge on any atom is -0.481 e. The van der Waals surface area contributed by atoms with Crippen LogP contribution in [0.4, 0.5) is 13.2 Å². The highest BCUT2D eigenvalue weighted by Crippen LogP contribution is 2.38. The average molecular weight is 344 g/mol. The zero-order chi connectivity index (χ0) is 18.1. The van der Waals surface area contributed by atoms with E-state index in [2.05, 4.69) is 5.32 Å². The summed E-state index contributed by atoms with van der Waals surface area (Å²) in [6, 6.07) is 5.52. The zero-order valence-electron chi connectivity index (χ0n) is 12.6. The van der Waals surface area contributed by atoms with Crippen molar-refractivity contribution in [3.8, 4) is 0 Å². The number of halogens is 3. The van der Waals surface area contributed by atoms with Gasteiger partial charge in [0.05, 0.1) is 11.8 Å². The van der Waals surface area contributed by atoms with Gasteiger partial charge in [-0.15, -0.1) is 0 Å².